The predicted octanol–water partition coefficient (Wildman–Crippen LogP) is 5.77. The lowest BCUT2D eigenvalue weighted by Gasteiger charge is -2.57. The Morgan fingerprint density at radius 3 is 2.58 bits per heavy atom. The van der Waals surface area contributed by atoms with E-state index in [2.05, 4.69) is 26.2 Å². The minimum absolute atomic E-state index is 0.601. The van der Waals surface area contributed by atoms with Crippen LogP contribution >= 0.6 is 0 Å². The first kappa shape index (κ1) is 19.2. The Balaban J connectivity index is 1.46. The standard InChI is InChI=1S/C24H44N2/c1-4-5-17-6-8-19-18(14-17)7-9-21-20(19)12-13-24(3)22(10-11-23(21)24)16(2)15-26-25/h16-23,26H,4-15,25H2,1-3H3. The van der Waals surface area contributed by atoms with E-state index >= 15 is 0 Å². The fourth-order valence-corrected chi connectivity index (χ4v) is 8.92. The molecule has 4 aliphatic carbocycles. The molecule has 150 valence electrons. The molecule has 2 nitrogen and oxygen atoms in total. The van der Waals surface area contributed by atoms with E-state index < -0.39 is 0 Å². The molecule has 0 heterocycles. The second-order valence-corrected chi connectivity index (χ2v) is 11.0. The summed E-state index contributed by atoms with van der Waals surface area (Å²) in [4.78, 5) is 0. The van der Waals surface area contributed by atoms with Crippen LogP contribution in [0.15, 0.2) is 0 Å². The first-order valence-electron chi connectivity index (χ1n) is 12.0. The van der Waals surface area contributed by atoms with E-state index in [1.165, 1.54) is 38.5 Å². The van der Waals surface area contributed by atoms with Crippen molar-refractivity contribution in [1.82, 2.24) is 5.43 Å². The van der Waals surface area contributed by atoms with Gasteiger partial charge in [-0.25, -0.2) is 0 Å². The summed E-state index contributed by atoms with van der Waals surface area (Å²) in [7, 11) is 0. The lowest BCUT2D eigenvalue weighted by Crippen LogP contribution is -2.49. The predicted molar refractivity (Wildman–Crippen MR) is 110 cm³/mol. The molecule has 4 aliphatic rings. The zero-order valence-electron chi connectivity index (χ0n) is 17.7. The normalized spacial score (nSPS) is 49.2. The number of hydrogen-bond acceptors (Lipinski definition) is 2. The highest BCUT2D eigenvalue weighted by Gasteiger charge is 2.57. The Kier molecular flexibility index (Phi) is 5.73. The van der Waals surface area contributed by atoms with E-state index in [0.29, 0.717) is 5.41 Å². The average Bonchev–Trinajstić information content (AvgIpc) is 2.99. The molecular weight excluding hydrogens is 316 g/mol. The number of rotatable bonds is 5. The summed E-state index contributed by atoms with van der Waals surface area (Å²) in [5, 5.41) is 0. The minimum Gasteiger partial charge on any atom is -0.271 e. The van der Waals surface area contributed by atoms with Crippen LogP contribution in [0.25, 0.3) is 0 Å². The fraction of sp³-hybridized carbons (Fsp3) is 1.00. The van der Waals surface area contributed by atoms with Crippen LogP contribution in [0.3, 0.4) is 0 Å². The Morgan fingerprint density at radius 1 is 1.00 bits per heavy atom. The van der Waals surface area contributed by atoms with Gasteiger partial charge in [0.2, 0.25) is 0 Å². The number of nitrogens with two attached hydrogens (primary N) is 1. The monoisotopic (exact) mass is 360 g/mol. The van der Waals surface area contributed by atoms with Crippen molar-refractivity contribution in [2.45, 2.75) is 91.4 Å². The highest BCUT2D eigenvalue weighted by atomic mass is 15.2. The van der Waals surface area contributed by atoms with Gasteiger partial charge in [0.25, 0.3) is 0 Å². The van der Waals surface area contributed by atoms with Crippen molar-refractivity contribution in [3.8, 4) is 0 Å². The van der Waals surface area contributed by atoms with Crippen LogP contribution in [0.2, 0.25) is 0 Å². The summed E-state index contributed by atoms with van der Waals surface area (Å²) in [5.41, 5.74) is 3.57. The Hall–Kier alpha value is -0.0800. The van der Waals surface area contributed by atoms with Gasteiger partial charge in [-0.3, -0.25) is 11.3 Å². The van der Waals surface area contributed by atoms with Crippen molar-refractivity contribution in [1.29, 1.82) is 0 Å². The van der Waals surface area contributed by atoms with Gasteiger partial charge in [0.1, 0.15) is 0 Å². The Bertz CT molecular complexity index is 477. The topological polar surface area (TPSA) is 38.0 Å². The van der Waals surface area contributed by atoms with Crippen LogP contribution in [0, 0.1) is 52.8 Å². The molecule has 0 aromatic carbocycles. The van der Waals surface area contributed by atoms with Crippen LogP contribution in [0.5, 0.6) is 0 Å². The van der Waals surface area contributed by atoms with E-state index in [4.69, 9.17) is 5.84 Å². The summed E-state index contributed by atoms with van der Waals surface area (Å²) >= 11 is 0. The molecule has 9 atom stereocenters. The maximum Gasteiger partial charge on any atom is 0.0126 e. The van der Waals surface area contributed by atoms with Crippen molar-refractivity contribution in [3.05, 3.63) is 0 Å². The average molecular weight is 361 g/mol. The van der Waals surface area contributed by atoms with Gasteiger partial charge in [-0.05, 0) is 104 Å². The summed E-state index contributed by atoms with van der Waals surface area (Å²) in [6.07, 6.45) is 16.7. The molecule has 0 spiro atoms. The van der Waals surface area contributed by atoms with Gasteiger partial charge < -0.3 is 0 Å². The second-order valence-electron chi connectivity index (χ2n) is 11.0. The van der Waals surface area contributed by atoms with Gasteiger partial charge in [-0.1, -0.05) is 40.0 Å². The van der Waals surface area contributed by atoms with Gasteiger partial charge in [-0.2, -0.15) is 0 Å². The number of nitrogens with one attached hydrogen (secondary N) is 1. The molecule has 0 aromatic rings. The lowest BCUT2D eigenvalue weighted by molar-refractivity contribution is -0.0739. The van der Waals surface area contributed by atoms with Gasteiger partial charge in [-0.15, -0.1) is 0 Å². The summed E-state index contributed by atoms with van der Waals surface area (Å²) in [5.74, 6) is 13.7. The number of hydrogen-bond donors (Lipinski definition) is 2. The van der Waals surface area contributed by atoms with Gasteiger partial charge >= 0.3 is 0 Å². The highest BCUT2D eigenvalue weighted by Crippen LogP contribution is 2.65. The first-order chi connectivity index (χ1) is 12.6. The molecule has 0 radical (unpaired) electrons. The van der Waals surface area contributed by atoms with Crippen LogP contribution in [-0.4, -0.2) is 6.54 Å². The van der Waals surface area contributed by atoms with Crippen LogP contribution < -0.4 is 11.3 Å². The summed E-state index contributed by atoms with van der Waals surface area (Å²) < 4.78 is 0. The Labute approximate surface area is 162 Å². The quantitative estimate of drug-likeness (QED) is 0.482. The molecule has 4 fully saturated rings. The zero-order valence-corrected chi connectivity index (χ0v) is 17.7. The maximum atomic E-state index is 5.67. The molecule has 0 saturated heterocycles. The third kappa shape index (κ3) is 3.17. The van der Waals surface area contributed by atoms with Crippen LogP contribution in [0.4, 0.5) is 0 Å². The second kappa shape index (κ2) is 7.74. The van der Waals surface area contributed by atoms with Gasteiger partial charge in [0.15, 0.2) is 0 Å². The highest BCUT2D eigenvalue weighted by molar-refractivity contribution is 5.06. The molecule has 4 rings (SSSR count). The lowest BCUT2D eigenvalue weighted by atomic mass is 9.48. The molecule has 0 aromatic heterocycles. The molecule has 9 unspecified atom stereocenters. The SMILES string of the molecule is CCCC1CCC2C(CCC3C2CCC2(C)C(C(C)CNN)CCC32)C1. The molecular formula is C24H44N2. The molecule has 2 heteroatoms. The van der Waals surface area contributed by atoms with Gasteiger partial charge in [0.05, 0.1) is 0 Å². The molecule has 26 heavy (non-hydrogen) atoms. The smallest absolute Gasteiger partial charge is 0.0126 e. The van der Waals surface area contributed by atoms with Crippen LogP contribution in [0.1, 0.15) is 91.4 Å². The van der Waals surface area contributed by atoms with Crippen LogP contribution in [-0.2, 0) is 0 Å². The minimum atomic E-state index is 0.601. The summed E-state index contributed by atoms with van der Waals surface area (Å²) in [6, 6.07) is 0. The van der Waals surface area contributed by atoms with E-state index in [1.807, 2.05) is 0 Å². The van der Waals surface area contributed by atoms with Crippen molar-refractivity contribution < 1.29 is 0 Å². The molecule has 3 N–H and O–H groups in total. The molecule has 0 bridgehead atoms. The fourth-order valence-electron chi connectivity index (χ4n) is 8.92. The third-order valence-corrected chi connectivity index (χ3v) is 9.96. The van der Waals surface area contributed by atoms with Crippen molar-refractivity contribution in [2.24, 2.45) is 58.6 Å². The van der Waals surface area contributed by atoms with Gasteiger partial charge in [0, 0.05) is 6.54 Å². The number of hydrazine groups is 1. The first-order valence-corrected chi connectivity index (χ1v) is 12.0. The van der Waals surface area contributed by atoms with E-state index in [1.54, 1.807) is 32.1 Å². The largest absolute Gasteiger partial charge is 0.271 e. The Morgan fingerprint density at radius 2 is 1.81 bits per heavy atom. The zero-order chi connectivity index (χ0) is 18.3. The van der Waals surface area contributed by atoms with E-state index in [0.717, 1.165) is 53.9 Å². The van der Waals surface area contributed by atoms with E-state index in [-0.39, 0.29) is 0 Å². The van der Waals surface area contributed by atoms with Crippen molar-refractivity contribution in [2.75, 3.05) is 6.54 Å². The van der Waals surface area contributed by atoms with E-state index in [9.17, 15) is 0 Å². The van der Waals surface area contributed by atoms with Crippen molar-refractivity contribution in [3.63, 3.8) is 0 Å². The molecule has 0 amide bonds. The molecule has 4 saturated carbocycles. The maximum absolute atomic E-state index is 5.67. The summed E-state index contributed by atoms with van der Waals surface area (Å²) in [6.45, 7) is 8.48. The molecule has 0 aliphatic heterocycles. The van der Waals surface area contributed by atoms with Crippen molar-refractivity contribution >= 4 is 0 Å². The third-order valence-electron chi connectivity index (χ3n) is 9.96. The number of fused-ring (bicyclic) bond motifs is 5.